The number of rotatable bonds is 10. The summed E-state index contributed by atoms with van der Waals surface area (Å²) in [6.45, 7) is 2.51. The normalized spacial score (nSPS) is 14.2. The minimum absolute atomic E-state index is 0.110. The zero-order chi connectivity index (χ0) is 28.0. The quantitative estimate of drug-likeness (QED) is 0.366. The summed E-state index contributed by atoms with van der Waals surface area (Å²) in [7, 11) is 1.48. The molecule has 208 valence electrons. The Balaban J connectivity index is 1.38. The molecule has 2 aromatic carbocycles. The fourth-order valence-corrected chi connectivity index (χ4v) is 5.72. The fourth-order valence-electron chi connectivity index (χ4n) is 4.22. The summed E-state index contributed by atoms with van der Waals surface area (Å²) in [5.74, 6) is 1.25. The first-order valence-corrected chi connectivity index (χ1v) is 14.4. The summed E-state index contributed by atoms with van der Waals surface area (Å²) in [4.78, 5) is 19.0. The van der Waals surface area contributed by atoms with E-state index in [0.717, 1.165) is 22.8 Å². The Kier molecular flexibility index (Phi) is 9.39. The first kappa shape index (κ1) is 28.8. The number of amides is 1. The summed E-state index contributed by atoms with van der Waals surface area (Å²) in [6.07, 6.45) is 0. The van der Waals surface area contributed by atoms with E-state index in [4.69, 9.17) is 16.3 Å². The molecule has 0 bridgehead atoms. The van der Waals surface area contributed by atoms with E-state index in [1.54, 1.807) is 12.0 Å². The maximum absolute atomic E-state index is 13.3. The monoisotopic (exact) mass is 572 g/mol. The number of benzene rings is 2. The van der Waals surface area contributed by atoms with Gasteiger partial charge in [0.25, 0.3) is 0 Å². The molecule has 1 amide bonds. The van der Waals surface area contributed by atoms with E-state index in [0.29, 0.717) is 37.7 Å². The lowest BCUT2D eigenvalue weighted by molar-refractivity contribution is -0.131. The molecule has 0 unspecified atom stereocenters. The number of nitrogens with zero attached hydrogens (tertiary/aromatic N) is 6. The van der Waals surface area contributed by atoms with Crippen LogP contribution in [0.25, 0.3) is 11.3 Å². The van der Waals surface area contributed by atoms with Gasteiger partial charge in [0.2, 0.25) is 15.9 Å². The van der Waals surface area contributed by atoms with Crippen LogP contribution in [0.15, 0.2) is 65.6 Å². The standard InChI is InChI=1S/C27H33ClN6O4S/c1-31(2)13-18-34(39(36,37)24-9-7-22(28)8-10-24)20-27(35)33-16-14-32(15-17-33)26-12-11-25(29-30-26)21-5-4-6-23(19-21)38-3/h4-12,19H,13-18,20H2,1-3H3. The van der Waals surface area contributed by atoms with Gasteiger partial charge in [0, 0.05) is 49.9 Å². The topological polar surface area (TPSA) is 99.2 Å². The number of hydrogen-bond donors (Lipinski definition) is 0. The number of sulfonamides is 1. The largest absolute Gasteiger partial charge is 0.497 e. The Labute approximate surface area is 234 Å². The minimum atomic E-state index is -3.87. The Morgan fingerprint density at radius 2 is 1.69 bits per heavy atom. The highest BCUT2D eigenvalue weighted by atomic mass is 35.5. The number of carbonyl (C=O) groups excluding carboxylic acids is 1. The van der Waals surface area contributed by atoms with Gasteiger partial charge in [0.15, 0.2) is 5.82 Å². The van der Waals surface area contributed by atoms with Crippen molar-refractivity contribution in [1.82, 2.24) is 24.3 Å². The van der Waals surface area contributed by atoms with Crippen molar-refractivity contribution in [3.63, 3.8) is 0 Å². The van der Waals surface area contributed by atoms with E-state index in [1.807, 2.05) is 55.4 Å². The van der Waals surface area contributed by atoms with E-state index >= 15 is 0 Å². The van der Waals surface area contributed by atoms with Crippen LogP contribution in [0.3, 0.4) is 0 Å². The highest BCUT2D eigenvalue weighted by Crippen LogP contribution is 2.23. The summed E-state index contributed by atoms with van der Waals surface area (Å²) < 4.78 is 33.2. The second-order valence-electron chi connectivity index (χ2n) is 9.47. The Morgan fingerprint density at radius 3 is 2.31 bits per heavy atom. The molecule has 2 heterocycles. The number of carbonyl (C=O) groups is 1. The van der Waals surface area contributed by atoms with Gasteiger partial charge in [-0.05, 0) is 62.6 Å². The van der Waals surface area contributed by atoms with Crippen LogP contribution in [0, 0.1) is 0 Å². The van der Waals surface area contributed by atoms with E-state index in [9.17, 15) is 13.2 Å². The number of anilines is 1. The van der Waals surface area contributed by atoms with Crippen molar-refractivity contribution in [2.75, 3.05) is 71.9 Å². The highest BCUT2D eigenvalue weighted by Gasteiger charge is 2.30. The van der Waals surface area contributed by atoms with Gasteiger partial charge >= 0.3 is 0 Å². The van der Waals surface area contributed by atoms with Crippen molar-refractivity contribution < 1.29 is 17.9 Å². The predicted octanol–water partition coefficient (Wildman–Crippen LogP) is 2.71. The molecular weight excluding hydrogens is 540 g/mol. The van der Waals surface area contributed by atoms with Crippen LogP contribution in [-0.2, 0) is 14.8 Å². The van der Waals surface area contributed by atoms with Crippen molar-refractivity contribution in [3.8, 4) is 17.0 Å². The molecule has 1 aliphatic rings. The lowest BCUT2D eigenvalue weighted by Gasteiger charge is -2.36. The second-order valence-corrected chi connectivity index (χ2v) is 11.8. The van der Waals surface area contributed by atoms with E-state index < -0.39 is 10.0 Å². The van der Waals surface area contributed by atoms with Gasteiger partial charge in [-0.15, -0.1) is 10.2 Å². The molecule has 3 aromatic rings. The second kappa shape index (κ2) is 12.7. The van der Waals surface area contributed by atoms with Gasteiger partial charge in [-0.1, -0.05) is 23.7 Å². The van der Waals surface area contributed by atoms with E-state index in [-0.39, 0.29) is 23.9 Å². The minimum Gasteiger partial charge on any atom is -0.497 e. The number of halogens is 1. The molecule has 39 heavy (non-hydrogen) atoms. The Hall–Kier alpha value is -3.25. The molecule has 10 nitrogen and oxygen atoms in total. The molecular formula is C27H33ClN6O4S. The number of methoxy groups -OCH3 is 1. The Bertz CT molecular complexity index is 1360. The van der Waals surface area contributed by atoms with Crippen molar-refractivity contribution >= 4 is 33.3 Å². The fraction of sp³-hybridized carbons (Fsp3) is 0.370. The van der Waals surface area contributed by atoms with Crippen LogP contribution in [0.1, 0.15) is 0 Å². The van der Waals surface area contributed by atoms with Crippen molar-refractivity contribution in [2.45, 2.75) is 4.90 Å². The average Bonchev–Trinajstić information content (AvgIpc) is 2.95. The third kappa shape index (κ3) is 7.24. The molecule has 0 aliphatic carbocycles. The maximum atomic E-state index is 13.3. The molecule has 0 atom stereocenters. The first-order valence-electron chi connectivity index (χ1n) is 12.6. The van der Waals surface area contributed by atoms with Gasteiger partial charge in [0.1, 0.15) is 5.75 Å². The third-order valence-corrected chi connectivity index (χ3v) is 8.64. The van der Waals surface area contributed by atoms with Crippen molar-refractivity contribution in [3.05, 3.63) is 65.7 Å². The lowest BCUT2D eigenvalue weighted by atomic mass is 10.1. The molecule has 1 aliphatic heterocycles. The van der Waals surface area contributed by atoms with Gasteiger partial charge in [-0.3, -0.25) is 4.79 Å². The lowest BCUT2D eigenvalue weighted by Crippen LogP contribution is -2.52. The van der Waals surface area contributed by atoms with Crippen LogP contribution in [-0.4, -0.2) is 106 Å². The van der Waals surface area contributed by atoms with Gasteiger partial charge < -0.3 is 19.4 Å². The van der Waals surface area contributed by atoms with Crippen LogP contribution >= 0.6 is 11.6 Å². The van der Waals surface area contributed by atoms with Crippen molar-refractivity contribution in [2.24, 2.45) is 0 Å². The predicted molar refractivity (Wildman–Crippen MR) is 152 cm³/mol. The van der Waals surface area contributed by atoms with E-state index in [2.05, 4.69) is 15.1 Å². The molecule has 0 saturated carbocycles. The zero-order valence-corrected chi connectivity index (χ0v) is 23.9. The van der Waals surface area contributed by atoms with E-state index in [1.165, 1.54) is 28.6 Å². The molecule has 0 radical (unpaired) electrons. The number of hydrogen-bond acceptors (Lipinski definition) is 8. The van der Waals surface area contributed by atoms with Crippen LogP contribution in [0.2, 0.25) is 5.02 Å². The summed E-state index contributed by atoms with van der Waals surface area (Å²) in [5, 5.41) is 9.22. The Morgan fingerprint density at radius 1 is 0.974 bits per heavy atom. The summed E-state index contributed by atoms with van der Waals surface area (Å²) in [6, 6.07) is 17.5. The van der Waals surface area contributed by atoms with Gasteiger partial charge in [0.05, 0.1) is 24.2 Å². The summed E-state index contributed by atoms with van der Waals surface area (Å²) >= 11 is 5.94. The van der Waals surface area contributed by atoms with Gasteiger partial charge in [-0.2, -0.15) is 4.31 Å². The molecule has 12 heteroatoms. The molecule has 4 rings (SSSR count). The number of ether oxygens (including phenoxy) is 1. The molecule has 1 aromatic heterocycles. The number of piperazine rings is 1. The molecule has 1 saturated heterocycles. The molecule has 0 spiro atoms. The number of aromatic nitrogens is 2. The van der Waals surface area contributed by atoms with Crippen LogP contribution in [0.5, 0.6) is 5.75 Å². The maximum Gasteiger partial charge on any atom is 0.243 e. The highest BCUT2D eigenvalue weighted by molar-refractivity contribution is 7.89. The van der Waals surface area contributed by atoms with Crippen molar-refractivity contribution in [1.29, 1.82) is 0 Å². The number of likely N-dealkylation sites (N-methyl/N-ethyl adjacent to an activating group) is 1. The zero-order valence-electron chi connectivity index (χ0n) is 22.3. The molecule has 1 fully saturated rings. The van der Waals surface area contributed by atoms with Crippen LogP contribution in [0.4, 0.5) is 5.82 Å². The average molecular weight is 573 g/mol. The molecule has 0 N–H and O–H groups in total. The smallest absolute Gasteiger partial charge is 0.243 e. The van der Waals surface area contributed by atoms with Gasteiger partial charge in [-0.25, -0.2) is 8.42 Å². The third-order valence-electron chi connectivity index (χ3n) is 6.53. The SMILES string of the molecule is COc1cccc(-c2ccc(N3CCN(C(=O)CN(CCN(C)C)S(=O)(=O)c4ccc(Cl)cc4)CC3)nn2)c1. The summed E-state index contributed by atoms with van der Waals surface area (Å²) in [5.41, 5.74) is 1.65. The first-order chi connectivity index (χ1) is 18.7. The van der Waals surface area contributed by atoms with Crippen LogP contribution < -0.4 is 9.64 Å².